The number of aryl methyl sites for hydroxylation is 3. The minimum atomic E-state index is -0.117. The van der Waals surface area contributed by atoms with Crippen molar-refractivity contribution in [1.29, 1.82) is 0 Å². The van der Waals surface area contributed by atoms with Crippen molar-refractivity contribution in [2.45, 2.75) is 32.9 Å². The van der Waals surface area contributed by atoms with E-state index in [0.717, 1.165) is 40.8 Å². The molecule has 1 aliphatic rings. The van der Waals surface area contributed by atoms with Crippen LogP contribution in [0.1, 0.15) is 22.0 Å². The van der Waals surface area contributed by atoms with Gasteiger partial charge >= 0.3 is 6.03 Å². The summed E-state index contributed by atoms with van der Waals surface area (Å²) >= 11 is 1.63. The Hall–Kier alpha value is -2.09. The molecular weight excluding hydrogens is 312 g/mol. The molecule has 0 radical (unpaired) electrons. The first kappa shape index (κ1) is 15.8. The van der Waals surface area contributed by atoms with Crippen molar-refractivity contribution in [3.63, 3.8) is 0 Å². The number of hydrogen-bond donors (Lipinski definition) is 2. The summed E-state index contributed by atoms with van der Waals surface area (Å²) in [7, 11) is 1.91. The summed E-state index contributed by atoms with van der Waals surface area (Å²) in [6.45, 7) is 6.23. The molecule has 1 aliphatic heterocycles. The summed E-state index contributed by atoms with van der Waals surface area (Å²) in [5.41, 5.74) is 2.10. The molecule has 0 aliphatic carbocycles. The largest absolute Gasteiger partial charge is 0.367 e. The molecule has 0 spiro atoms. The van der Waals surface area contributed by atoms with Gasteiger partial charge in [-0.05, 0) is 20.3 Å². The molecule has 3 heterocycles. The molecule has 2 N–H and O–H groups in total. The number of urea groups is 1. The molecule has 2 aromatic rings. The molecule has 1 unspecified atom stereocenters. The molecule has 0 aromatic carbocycles. The van der Waals surface area contributed by atoms with Crippen LogP contribution in [0.2, 0.25) is 0 Å². The van der Waals surface area contributed by atoms with Crippen molar-refractivity contribution >= 4 is 23.1 Å². The zero-order valence-corrected chi connectivity index (χ0v) is 14.5. The SMILES string of the molecule is Cc1nc(C)c(CNC(=O)NC2CCN(c3cnn(C)c3)C2)s1. The molecule has 7 nitrogen and oxygen atoms in total. The monoisotopic (exact) mass is 334 g/mol. The molecule has 2 amide bonds. The van der Waals surface area contributed by atoms with Gasteiger partial charge in [-0.3, -0.25) is 4.68 Å². The molecule has 1 fully saturated rings. The minimum absolute atomic E-state index is 0.117. The van der Waals surface area contributed by atoms with Gasteiger partial charge in [-0.2, -0.15) is 5.10 Å². The second-order valence-electron chi connectivity index (χ2n) is 5.87. The average molecular weight is 334 g/mol. The fourth-order valence-electron chi connectivity index (χ4n) is 2.82. The van der Waals surface area contributed by atoms with Crippen LogP contribution in [0.15, 0.2) is 12.4 Å². The maximum Gasteiger partial charge on any atom is 0.315 e. The number of amides is 2. The fourth-order valence-corrected chi connectivity index (χ4v) is 3.70. The van der Waals surface area contributed by atoms with Crippen molar-refractivity contribution in [3.8, 4) is 0 Å². The molecular formula is C15H22N6OS. The maximum atomic E-state index is 12.1. The number of thiazole rings is 1. The normalized spacial score (nSPS) is 17.5. The highest BCUT2D eigenvalue weighted by atomic mass is 32.1. The number of nitrogens with one attached hydrogen (secondary N) is 2. The molecule has 23 heavy (non-hydrogen) atoms. The zero-order valence-electron chi connectivity index (χ0n) is 13.7. The summed E-state index contributed by atoms with van der Waals surface area (Å²) < 4.78 is 1.79. The number of hydrogen-bond acceptors (Lipinski definition) is 5. The Kier molecular flexibility index (Phi) is 4.51. The Balaban J connectivity index is 1.46. The van der Waals surface area contributed by atoms with Gasteiger partial charge < -0.3 is 15.5 Å². The van der Waals surface area contributed by atoms with Crippen LogP contribution < -0.4 is 15.5 Å². The van der Waals surface area contributed by atoms with E-state index in [1.165, 1.54) is 0 Å². The van der Waals surface area contributed by atoms with E-state index in [4.69, 9.17) is 0 Å². The third-order valence-corrected chi connectivity index (χ3v) is 5.06. The van der Waals surface area contributed by atoms with E-state index in [9.17, 15) is 4.79 Å². The second kappa shape index (κ2) is 6.57. The number of anilines is 1. The van der Waals surface area contributed by atoms with E-state index < -0.39 is 0 Å². The Labute approximate surface area is 139 Å². The van der Waals surface area contributed by atoms with E-state index in [0.29, 0.717) is 6.54 Å². The topological polar surface area (TPSA) is 75.1 Å². The van der Waals surface area contributed by atoms with E-state index in [1.54, 1.807) is 16.0 Å². The molecule has 0 bridgehead atoms. The Morgan fingerprint density at radius 3 is 2.96 bits per heavy atom. The van der Waals surface area contributed by atoms with Crippen molar-refractivity contribution < 1.29 is 4.79 Å². The van der Waals surface area contributed by atoms with E-state index in [2.05, 4.69) is 25.6 Å². The number of carbonyl (C=O) groups is 1. The molecule has 2 aromatic heterocycles. The van der Waals surface area contributed by atoms with Gasteiger partial charge in [0.25, 0.3) is 0 Å². The summed E-state index contributed by atoms with van der Waals surface area (Å²) in [6, 6.07) is 0.0491. The Morgan fingerprint density at radius 1 is 1.48 bits per heavy atom. The summed E-state index contributed by atoms with van der Waals surface area (Å²) in [5.74, 6) is 0. The average Bonchev–Trinajstić information content (AvgIpc) is 3.18. The van der Waals surface area contributed by atoms with Gasteiger partial charge in [0, 0.05) is 37.3 Å². The fraction of sp³-hybridized carbons (Fsp3) is 0.533. The third-order valence-electron chi connectivity index (χ3n) is 3.99. The lowest BCUT2D eigenvalue weighted by Crippen LogP contribution is -2.43. The lowest BCUT2D eigenvalue weighted by atomic mass is 10.3. The number of aromatic nitrogens is 3. The first-order chi connectivity index (χ1) is 11.0. The molecule has 1 atom stereocenters. The van der Waals surface area contributed by atoms with Gasteiger partial charge in [-0.1, -0.05) is 0 Å². The number of rotatable bonds is 4. The highest BCUT2D eigenvalue weighted by Crippen LogP contribution is 2.19. The van der Waals surface area contributed by atoms with Crippen molar-refractivity contribution in [3.05, 3.63) is 28.0 Å². The summed E-state index contributed by atoms with van der Waals surface area (Å²) in [5, 5.41) is 11.2. The van der Waals surface area contributed by atoms with Gasteiger partial charge in [0.15, 0.2) is 0 Å². The first-order valence-corrected chi connectivity index (χ1v) is 8.54. The molecule has 124 valence electrons. The van der Waals surface area contributed by atoms with Crippen LogP contribution in [0, 0.1) is 13.8 Å². The molecule has 3 rings (SSSR count). The van der Waals surface area contributed by atoms with Crippen LogP contribution in [0.3, 0.4) is 0 Å². The van der Waals surface area contributed by atoms with E-state index >= 15 is 0 Å². The zero-order chi connectivity index (χ0) is 16.4. The molecule has 1 saturated heterocycles. The van der Waals surface area contributed by atoms with Crippen LogP contribution in [-0.4, -0.2) is 39.9 Å². The van der Waals surface area contributed by atoms with Gasteiger partial charge in [-0.15, -0.1) is 11.3 Å². The predicted octanol–water partition coefficient (Wildman–Crippen LogP) is 1.57. The lowest BCUT2D eigenvalue weighted by Gasteiger charge is -2.17. The van der Waals surface area contributed by atoms with Crippen LogP contribution in [0.4, 0.5) is 10.5 Å². The standard InChI is InChI=1S/C15H22N6OS/c1-10-14(23-11(2)18-10)7-16-15(22)19-12-4-5-21(8-12)13-6-17-20(3)9-13/h6,9,12H,4-5,7-8H2,1-3H3,(H2,16,19,22). The molecule has 8 heteroatoms. The number of nitrogens with zero attached hydrogens (tertiary/aromatic N) is 4. The minimum Gasteiger partial charge on any atom is -0.367 e. The second-order valence-corrected chi connectivity index (χ2v) is 7.16. The van der Waals surface area contributed by atoms with Crippen LogP contribution in [-0.2, 0) is 13.6 Å². The maximum absolute atomic E-state index is 12.1. The summed E-state index contributed by atoms with van der Waals surface area (Å²) in [4.78, 5) is 19.8. The van der Waals surface area contributed by atoms with Gasteiger partial charge in [-0.25, -0.2) is 9.78 Å². The third kappa shape index (κ3) is 3.82. The Bertz CT molecular complexity index is 694. The quantitative estimate of drug-likeness (QED) is 0.890. The van der Waals surface area contributed by atoms with E-state index in [1.807, 2.05) is 33.3 Å². The number of carbonyl (C=O) groups excluding carboxylic acids is 1. The molecule has 0 saturated carbocycles. The van der Waals surface area contributed by atoms with E-state index in [-0.39, 0.29) is 12.1 Å². The lowest BCUT2D eigenvalue weighted by molar-refractivity contribution is 0.237. The van der Waals surface area contributed by atoms with Crippen LogP contribution in [0.5, 0.6) is 0 Å². The van der Waals surface area contributed by atoms with Crippen molar-refractivity contribution in [2.24, 2.45) is 7.05 Å². The van der Waals surface area contributed by atoms with Gasteiger partial charge in [0.2, 0.25) is 0 Å². The van der Waals surface area contributed by atoms with Crippen LogP contribution >= 0.6 is 11.3 Å². The highest BCUT2D eigenvalue weighted by molar-refractivity contribution is 7.11. The highest BCUT2D eigenvalue weighted by Gasteiger charge is 2.24. The van der Waals surface area contributed by atoms with Gasteiger partial charge in [0.1, 0.15) is 0 Å². The first-order valence-electron chi connectivity index (χ1n) is 7.72. The van der Waals surface area contributed by atoms with Crippen molar-refractivity contribution in [2.75, 3.05) is 18.0 Å². The smallest absolute Gasteiger partial charge is 0.315 e. The van der Waals surface area contributed by atoms with Gasteiger partial charge in [0.05, 0.1) is 29.1 Å². The predicted molar refractivity (Wildman–Crippen MR) is 90.8 cm³/mol. The summed E-state index contributed by atoms with van der Waals surface area (Å²) in [6.07, 6.45) is 4.80. The van der Waals surface area contributed by atoms with Crippen molar-refractivity contribution in [1.82, 2.24) is 25.4 Å². The van der Waals surface area contributed by atoms with Crippen LogP contribution in [0.25, 0.3) is 0 Å². The Morgan fingerprint density at radius 2 is 2.30 bits per heavy atom.